The molecule has 1 fully saturated rings. The van der Waals surface area contributed by atoms with E-state index in [1.807, 2.05) is 0 Å². The van der Waals surface area contributed by atoms with E-state index in [1.54, 1.807) is 13.8 Å². The minimum absolute atomic E-state index is 0.273. The lowest BCUT2D eigenvalue weighted by molar-refractivity contribution is -0.197. The van der Waals surface area contributed by atoms with Crippen LogP contribution in [-0.4, -0.2) is 30.3 Å². The number of hydrogen-bond donors (Lipinski definition) is 0. The third kappa shape index (κ3) is 3.22. The lowest BCUT2D eigenvalue weighted by Gasteiger charge is -2.31. The van der Waals surface area contributed by atoms with Crippen molar-refractivity contribution in [1.29, 1.82) is 0 Å². The molecule has 0 aromatic carbocycles. The maximum Gasteiger partial charge on any atom is 0.330 e. The maximum absolute atomic E-state index is 12.8. The second kappa shape index (κ2) is 5.55. The topological polar surface area (TPSA) is 26.3 Å². The lowest BCUT2D eigenvalue weighted by atomic mass is 9.89. The van der Waals surface area contributed by atoms with Crippen molar-refractivity contribution in [2.75, 3.05) is 6.61 Å². The van der Waals surface area contributed by atoms with Crippen LogP contribution >= 0.6 is 0 Å². The largest absolute Gasteiger partial charge is 0.361 e. The lowest BCUT2D eigenvalue weighted by Crippen LogP contribution is -2.45. The van der Waals surface area contributed by atoms with E-state index in [0.717, 1.165) is 0 Å². The number of ketones is 1. The van der Waals surface area contributed by atoms with Gasteiger partial charge in [0.1, 0.15) is 12.2 Å². The number of rotatable bonds is 6. The second-order valence-electron chi connectivity index (χ2n) is 5.07. The molecule has 1 aliphatic rings. The summed E-state index contributed by atoms with van der Waals surface area (Å²) in [6.07, 6.45) is -1.71. The van der Waals surface area contributed by atoms with E-state index in [-0.39, 0.29) is 11.7 Å². The Morgan fingerprint density at radius 2 is 1.78 bits per heavy atom. The summed E-state index contributed by atoms with van der Waals surface area (Å²) in [7, 11) is 0. The van der Waals surface area contributed by atoms with Gasteiger partial charge < -0.3 is 4.74 Å². The Bertz CT molecular complexity index is 296. The molecule has 0 aliphatic heterocycles. The first kappa shape index (κ1) is 15.4. The van der Waals surface area contributed by atoms with Crippen LogP contribution in [-0.2, 0) is 9.53 Å². The molecule has 0 aromatic rings. The fourth-order valence-electron chi connectivity index (χ4n) is 2.23. The number of ether oxygens (including phenoxy) is 1. The highest BCUT2D eigenvalue weighted by Gasteiger charge is 2.48. The molecule has 0 heterocycles. The SMILES string of the molecule is CC(C)C(=O)C1(OCC(F)(F)C(F)F)CCCC1. The van der Waals surface area contributed by atoms with Crippen LogP contribution in [0.25, 0.3) is 0 Å². The molecular formula is C12H18F4O2. The van der Waals surface area contributed by atoms with Gasteiger partial charge in [-0.05, 0) is 25.7 Å². The molecule has 0 spiro atoms. The van der Waals surface area contributed by atoms with Crippen LogP contribution in [0.2, 0.25) is 0 Å². The van der Waals surface area contributed by atoms with Crippen molar-refractivity contribution in [1.82, 2.24) is 0 Å². The molecule has 1 aliphatic carbocycles. The summed E-state index contributed by atoms with van der Waals surface area (Å²) in [5.41, 5.74) is -1.29. The van der Waals surface area contributed by atoms with Gasteiger partial charge in [0.05, 0.1) is 0 Å². The van der Waals surface area contributed by atoms with Gasteiger partial charge in [-0.1, -0.05) is 13.8 Å². The fraction of sp³-hybridized carbons (Fsp3) is 0.917. The molecule has 106 valence electrons. The van der Waals surface area contributed by atoms with Gasteiger partial charge in [-0.3, -0.25) is 4.79 Å². The normalized spacial score (nSPS) is 19.8. The van der Waals surface area contributed by atoms with Crippen LogP contribution in [0.15, 0.2) is 0 Å². The minimum atomic E-state index is -4.20. The van der Waals surface area contributed by atoms with E-state index < -0.39 is 24.6 Å². The van der Waals surface area contributed by atoms with E-state index in [4.69, 9.17) is 4.74 Å². The predicted octanol–water partition coefficient (Wildman–Crippen LogP) is 3.44. The van der Waals surface area contributed by atoms with Crippen LogP contribution in [0.5, 0.6) is 0 Å². The molecule has 0 atom stereocenters. The standard InChI is InChI=1S/C12H18F4O2/c1-8(2)9(17)11(5-3-4-6-11)18-7-12(15,16)10(13)14/h8,10H,3-7H2,1-2H3. The molecular weight excluding hydrogens is 252 g/mol. The van der Waals surface area contributed by atoms with Gasteiger partial charge in [-0.25, -0.2) is 8.78 Å². The van der Waals surface area contributed by atoms with Crippen LogP contribution in [0.4, 0.5) is 17.6 Å². The van der Waals surface area contributed by atoms with Crippen molar-refractivity contribution in [3.8, 4) is 0 Å². The molecule has 0 N–H and O–H groups in total. The number of Topliss-reactive ketones (excluding diaryl/α,β-unsaturated/α-hetero) is 1. The minimum Gasteiger partial charge on any atom is -0.361 e. The summed E-state index contributed by atoms with van der Waals surface area (Å²) in [4.78, 5) is 12.0. The molecule has 0 aromatic heterocycles. The summed E-state index contributed by atoms with van der Waals surface area (Å²) < 4.78 is 54.8. The number of hydrogen-bond acceptors (Lipinski definition) is 2. The first-order valence-corrected chi connectivity index (χ1v) is 6.05. The van der Waals surface area contributed by atoms with Gasteiger partial charge in [-0.15, -0.1) is 0 Å². The molecule has 1 saturated carbocycles. The molecule has 1 rings (SSSR count). The van der Waals surface area contributed by atoms with Crippen molar-refractivity contribution in [2.24, 2.45) is 5.92 Å². The average molecular weight is 270 g/mol. The van der Waals surface area contributed by atoms with Crippen LogP contribution in [0.1, 0.15) is 39.5 Å². The predicted molar refractivity (Wildman–Crippen MR) is 57.9 cm³/mol. The Balaban J connectivity index is 2.73. The molecule has 0 bridgehead atoms. The van der Waals surface area contributed by atoms with Gasteiger partial charge in [-0.2, -0.15) is 8.78 Å². The third-order valence-corrected chi connectivity index (χ3v) is 3.24. The van der Waals surface area contributed by atoms with Gasteiger partial charge in [0, 0.05) is 5.92 Å². The van der Waals surface area contributed by atoms with Crippen molar-refractivity contribution < 1.29 is 27.1 Å². The smallest absolute Gasteiger partial charge is 0.330 e. The fourth-order valence-corrected chi connectivity index (χ4v) is 2.23. The van der Waals surface area contributed by atoms with E-state index in [0.29, 0.717) is 25.7 Å². The molecule has 0 amide bonds. The van der Waals surface area contributed by atoms with Gasteiger partial charge >= 0.3 is 12.3 Å². The molecule has 0 saturated heterocycles. The average Bonchev–Trinajstić information content (AvgIpc) is 2.75. The molecule has 18 heavy (non-hydrogen) atoms. The quantitative estimate of drug-likeness (QED) is 0.691. The highest BCUT2D eigenvalue weighted by Crippen LogP contribution is 2.37. The van der Waals surface area contributed by atoms with Crippen LogP contribution in [0, 0.1) is 5.92 Å². The zero-order valence-electron chi connectivity index (χ0n) is 10.5. The van der Waals surface area contributed by atoms with E-state index in [9.17, 15) is 22.4 Å². The summed E-state index contributed by atoms with van der Waals surface area (Å²) >= 11 is 0. The highest BCUT2D eigenvalue weighted by atomic mass is 19.3. The number of halogens is 4. The first-order chi connectivity index (χ1) is 8.21. The van der Waals surface area contributed by atoms with Gasteiger partial charge in [0.2, 0.25) is 0 Å². The highest BCUT2D eigenvalue weighted by molar-refractivity contribution is 5.89. The van der Waals surface area contributed by atoms with Crippen molar-refractivity contribution in [2.45, 2.75) is 57.5 Å². The number of alkyl halides is 4. The molecule has 2 nitrogen and oxygen atoms in total. The van der Waals surface area contributed by atoms with Gasteiger partial charge in [0.25, 0.3) is 0 Å². The van der Waals surface area contributed by atoms with Crippen molar-refractivity contribution in [3.63, 3.8) is 0 Å². The number of carbonyl (C=O) groups excluding carboxylic acids is 1. The van der Waals surface area contributed by atoms with E-state index in [2.05, 4.69) is 0 Å². The Morgan fingerprint density at radius 1 is 1.28 bits per heavy atom. The van der Waals surface area contributed by atoms with Gasteiger partial charge in [0.15, 0.2) is 5.78 Å². The summed E-state index contributed by atoms with van der Waals surface area (Å²) in [6.45, 7) is 1.90. The Kier molecular flexibility index (Phi) is 4.75. The van der Waals surface area contributed by atoms with Crippen LogP contribution < -0.4 is 0 Å². The van der Waals surface area contributed by atoms with Crippen molar-refractivity contribution >= 4 is 5.78 Å². The Hall–Kier alpha value is -0.650. The summed E-state index contributed by atoms with van der Waals surface area (Å²) in [5.74, 6) is -4.83. The van der Waals surface area contributed by atoms with Crippen LogP contribution in [0.3, 0.4) is 0 Å². The molecule has 6 heteroatoms. The second-order valence-corrected chi connectivity index (χ2v) is 5.07. The third-order valence-electron chi connectivity index (χ3n) is 3.24. The molecule has 0 radical (unpaired) electrons. The summed E-state index contributed by atoms with van der Waals surface area (Å²) in [6, 6.07) is 0. The van der Waals surface area contributed by atoms with E-state index in [1.165, 1.54) is 0 Å². The zero-order chi connectivity index (χ0) is 14.0. The zero-order valence-corrected chi connectivity index (χ0v) is 10.5. The van der Waals surface area contributed by atoms with Crippen molar-refractivity contribution in [3.05, 3.63) is 0 Å². The number of carbonyl (C=O) groups is 1. The van der Waals surface area contributed by atoms with E-state index >= 15 is 0 Å². The monoisotopic (exact) mass is 270 g/mol. The maximum atomic E-state index is 12.8. The first-order valence-electron chi connectivity index (χ1n) is 6.05. The Labute approximate surface area is 104 Å². The molecule has 0 unspecified atom stereocenters. The Morgan fingerprint density at radius 3 is 2.17 bits per heavy atom. The summed E-state index contributed by atoms with van der Waals surface area (Å²) in [5, 5.41) is 0.